The number of alkyl halides is 1. The first-order valence-electron chi connectivity index (χ1n) is 6.84. The van der Waals surface area contributed by atoms with Crippen molar-refractivity contribution >= 4 is 17.5 Å². The summed E-state index contributed by atoms with van der Waals surface area (Å²) in [5.41, 5.74) is 1.15. The fourth-order valence-electron chi connectivity index (χ4n) is 2.16. The minimum atomic E-state index is -0.0490. The number of hydrogen-bond donors (Lipinski definition) is 0. The lowest BCUT2D eigenvalue weighted by Crippen LogP contribution is -2.46. The predicted octanol–water partition coefficient (Wildman–Crippen LogP) is 2.23. The van der Waals surface area contributed by atoms with Gasteiger partial charge < -0.3 is 14.4 Å². The van der Waals surface area contributed by atoms with E-state index in [0.717, 1.165) is 11.3 Å². The second-order valence-electron chi connectivity index (χ2n) is 4.90. The van der Waals surface area contributed by atoms with E-state index in [1.165, 1.54) is 0 Å². The van der Waals surface area contributed by atoms with Crippen LogP contribution in [0, 0.1) is 6.92 Å². The average molecular weight is 298 g/mol. The van der Waals surface area contributed by atoms with Gasteiger partial charge in [0.2, 0.25) is 5.91 Å². The molecule has 1 amide bonds. The van der Waals surface area contributed by atoms with Crippen LogP contribution < -0.4 is 4.74 Å². The molecule has 1 heterocycles. The molecular weight excluding hydrogens is 278 g/mol. The molecule has 1 fully saturated rings. The second-order valence-corrected chi connectivity index (χ2v) is 5.21. The molecule has 4 nitrogen and oxygen atoms in total. The Hall–Kier alpha value is -1.26. The highest BCUT2D eigenvalue weighted by atomic mass is 35.5. The highest BCUT2D eigenvalue weighted by molar-refractivity contribution is 6.18. The molecule has 1 aromatic rings. The van der Waals surface area contributed by atoms with Crippen LogP contribution in [0.1, 0.15) is 12.0 Å². The minimum Gasteiger partial charge on any atom is -0.493 e. The van der Waals surface area contributed by atoms with Crippen LogP contribution in [0.3, 0.4) is 0 Å². The van der Waals surface area contributed by atoms with Crippen LogP contribution in [0.25, 0.3) is 0 Å². The van der Waals surface area contributed by atoms with E-state index in [1.807, 2.05) is 31.2 Å². The molecule has 2 rings (SSSR count). The van der Waals surface area contributed by atoms with Gasteiger partial charge in [-0.1, -0.05) is 12.1 Å². The van der Waals surface area contributed by atoms with Crippen molar-refractivity contribution in [3.8, 4) is 5.75 Å². The first-order valence-corrected chi connectivity index (χ1v) is 7.37. The standard InChI is InChI=1S/C15H20ClNO3/c1-12-3-2-4-13(9-12)19-7-5-15(18)17-6-8-20-14(10-16)11-17/h2-4,9,14H,5-8,10-11H2,1H3. The van der Waals surface area contributed by atoms with Gasteiger partial charge in [-0.15, -0.1) is 11.6 Å². The molecule has 1 aliphatic heterocycles. The fraction of sp³-hybridized carbons (Fsp3) is 0.533. The third-order valence-electron chi connectivity index (χ3n) is 3.24. The molecule has 0 radical (unpaired) electrons. The Morgan fingerprint density at radius 2 is 2.40 bits per heavy atom. The average Bonchev–Trinajstić information content (AvgIpc) is 2.47. The van der Waals surface area contributed by atoms with Crippen molar-refractivity contribution in [1.29, 1.82) is 0 Å². The molecule has 1 aromatic carbocycles. The summed E-state index contributed by atoms with van der Waals surface area (Å²) in [5, 5.41) is 0. The molecule has 0 aromatic heterocycles. The fourth-order valence-corrected chi connectivity index (χ4v) is 2.35. The van der Waals surface area contributed by atoms with Gasteiger partial charge >= 0.3 is 0 Å². The van der Waals surface area contributed by atoms with Crippen molar-refractivity contribution in [3.05, 3.63) is 29.8 Å². The number of halogens is 1. The monoisotopic (exact) mass is 297 g/mol. The summed E-state index contributed by atoms with van der Waals surface area (Å²) in [5.74, 6) is 1.32. The van der Waals surface area contributed by atoms with Gasteiger partial charge in [-0.05, 0) is 24.6 Å². The van der Waals surface area contributed by atoms with Crippen LogP contribution in [0.5, 0.6) is 5.75 Å². The number of rotatable bonds is 5. The van der Waals surface area contributed by atoms with Crippen LogP contribution in [0.2, 0.25) is 0 Å². The molecule has 1 saturated heterocycles. The number of carbonyl (C=O) groups excluding carboxylic acids is 1. The van der Waals surface area contributed by atoms with Crippen molar-refractivity contribution < 1.29 is 14.3 Å². The summed E-state index contributed by atoms with van der Waals surface area (Å²) >= 11 is 5.76. The van der Waals surface area contributed by atoms with Crippen molar-refractivity contribution in [1.82, 2.24) is 4.90 Å². The molecule has 0 saturated carbocycles. The Morgan fingerprint density at radius 3 is 3.15 bits per heavy atom. The molecule has 1 unspecified atom stereocenters. The number of amides is 1. The van der Waals surface area contributed by atoms with E-state index in [4.69, 9.17) is 21.1 Å². The van der Waals surface area contributed by atoms with Crippen LogP contribution in [0.4, 0.5) is 0 Å². The minimum absolute atomic E-state index is 0.0490. The number of morpholine rings is 1. The van der Waals surface area contributed by atoms with E-state index in [2.05, 4.69) is 0 Å². The van der Waals surface area contributed by atoms with Gasteiger partial charge in [0.1, 0.15) is 5.75 Å². The maximum Gasteiger partial charge on any atom is 0.226 e. The SMILES string of the molecule is Cc1cccc(OCCC(=O)N2CCOC(CCl)C2)c1. The molecule has 0 aliphatic carbocycles. The van der Waals surface area contributed by atoms with E-state index in [9.17, 15) is 4.79 Å². The summed E-state index contributed by atoms with van der Waals surface area (Å²) in [7, 11) is 0. The number of benzene rings is 1. The summed E-state index contributed by atoms with van der Waals surface area (Å²) < 4.78 is 11.0. The van der Waals surface area contributed by atoms with E-state index >= 15 is 0 Å². The Morgan fingerprint density at radius 1 is 1.55 bits per heavy atom. The number of nitrogens with zero attached hydrogens (tertiary/aromatic N) is 1. The van der Waals surface area contributed by atoms with E-state index < -0.39 is 0 Å². The van der Waals surface area contributed by atoms with Gasteiger partial charge in [-0.25, -0.2) is 0 Å². The van der Waals surface area contributed by atoms with Gasteiger partial charge in [0.05, 0.1) is 31.6 Å². The lowest BCUT2D eigenvalue weighted by atomic mass is 10.2. The molecule has 1 atom stereocenters. The molecule has 20 heavy (non-hydrogen) atoms. The van der Waals surface area contributed by atoms with E-state index in [-0.39, 0.29) is 12.0 Å². The van der Waals surface area contributed by atoms with E-state index in [1.54, 1.807) is 4.90 Å². The van der Waals surface area contributed by atoms with Gasteiger partial charge in [0.15, 0.2) is 0 Å². The number of carbonyl (C=O) groups is 1. The molecule has 0 spiro atoms. The van der Waals surface area contributed by atoms with Gasteiger partial charge in [0, 0.05) is 13.1 Å². The van der Waals surface area contributed by atoms with Crippen molar-refractivity contribution in [3.63, 3.8) is 0 Å². The lowest BCUT2D eigenvalue weighted by Gasteiger charge is -2.32. The summed E-state index contributed by atoms with van der Waals surface area (Å²) in [6, 6.07) is 7.82. The maximum atomic E-state index is 12.1. The zero-order valence-electron chi connectivity index (χ0n) is 11.7. The normalized spacial score (nSPS) is 18.9. The van der Waals surface area contributed by atoms with Gasteiger partial charge in [0.25, 0.3) is 0 Å². The van der Waals surface area contributed by atoms with Crippen molar-refractivity contribution in [2.75, 3.05) is 32.2 Å². The molecule has 1 aliphatic rings. The van der Waals surface area contributed by atoms with Crippen LogP contribution >= 0.6 is 11.6 Å². The third kappa shape index (κ3) is 4.39. The molecule has 0 N–H and O–H groups in total. The largest absolute Gasteiger partial charge is 0.493 e. The zero-order chi connectivity index (χ0) is 14.4. The van der Waals surface area contributed by atoms with Crippen molar-refractivity contribution in [2.24, 2.45) is 0 Å². The van der Waals surface area contributed by atoms with Crippen molar-refractivity contribution in [2.45, 2.75) is 19.4 Å². The van der Waals surface area contributed by atoms with Gasteiger partial charge in [-0.2, -0.15) is 0 Å². The predicted molar refractivity (Wildman–Crippen MR) is 78.3 cm³/mol. The first kappa shape index (κ1) is 15.1. The number of hydrogen-bond acceptors (Lipinski definition) is 3. The summed E-state index contributed by atoms with van der Waals surface area (Å²) in [6.45, 7) is 4.18. The lowest BCUT2D eigenvalue weighted by molar-refractivity contribution is -0.138. The molecular formula is C15H20ClNO3. The molecule has 0 bridgehead atoms. The Balaban J connectivity index is 1.75. The topological polar surface area (TPSA) is 38.8 Å². The Kier molecular flexibility index (Phi) is 5.68. The Labute approximate surface area is 124 Å². The Bertz CT molecular complexity index is 452. The summed E-state index contributed by atoms with van der Waals surface area (Å²) in [4.78, 5) is 13.9. The highest BCUT2D eigenvalue weighted by Gasteiger charge is 2.23. The van der Waals surface area contributed by atoms with Crippen LogP contribution in [0.15, 0.2) is 24.3 Å². The first-order chi connectivity index (χ1) is 9.69. The molecule has 5 heteroatoms. The van der Waals surface area contributed by atoms with Crippen LogP contribution in [-0.2, 0) is 9.53 Å². The number of ether oxygens (including phenoxy) is 2. The third-order valence-corrected chi connectivity index (χ3v) is 3.58. The molecule has 110 valence electrons. The zero-order valence-corrected chi connectivity index (χ0v) is 12.4. The van der Waals surface area contributed by atoms with E-state index in [0.29, 0.717) is 38.6 Å². The number of aryl methyl sites for hydroxylation is 1. The smallest absolute Gasteiger partial charge is 0.226 e. The van der Waals surface area contributed by atoms with Crippen LogP contribution in [-0.4, -0.2) is 49.1 Å². The summed E-state index contributed by atoms with van der Waals surface area (Å²) in [6.07, 6.45) is 0.329. The second kappa shape index (κ2) is 7.50. The quantitative estimate of drug-likeness (QED) is 0.782. The maximum absolute atomic E-state index is 12.1. The highest BCUT2D eigenvalue weighted by Crippen LogP contribution is 2.13. The van der Waals surface area contributed by atoms with Gasteiger partial charge in [-0.3, -0.25) is 4.79 Å².